The lowest BCUT2D eigenvalue weighted by Gasteiger charge is -2.40. The van der Waals surface area contributed by atoms with E-state index < -0.39 is 0 Å². The van der Waals surface area contributed by atoms with Gasteiger partial charge in [0.25, 0.3) is 0 Å². The van der Waals surface area contributed by atoms with E-state index in [-0.39, 0.29) is 29.7 Å². The van der Waals surface area contributed by atoms with E-state index in [2.05, 4.69) is 5.16 Å². The summed E-state index contributed by atoms with van der Waals surface area (Å²) in [4.78, 5) is 16.9. The maximum atomic E-state index is 11.4. The Hall–Kier alpha value is -1.92. The van der Waals surface area contributed by atoms with E-state index in [1.165, 1.54) is 6.92 Å². The van der Waals surface area contributed by atoms with Crippen molar-refractivity contribution in [1.82, 2.24) is 0 Å². The third-order valence-corrected chi connectivity index (χ3v) is 4.95. The topological polar surface area (TPSA) is 69.7 Å². The fraction of sp³-hybridized carbons (Fsp3) is 0.579. The lowest BCUT2D eigenvalue weighted by molar-refractivity contribution is -0.161. The van der Waals surface area contributed by atoms with Crippen molar-refractivity contribution in [2.45, 2.75) is 51.1 Å². The highest BCUT2D eigenvalue weighted by atomic mass is 16.6. The van der Waals surface area contributed by atoms with Crippen LogP contribution in [0.5, 0.6) is 0 Å². The summed E-state index contributed by atoms with van der Waals surface area (Å²) in [7, 11) is 1.63. The van der Waals surface area contributed by atoms with Crippen LogP contribution in [0.2, 0.25) is 0 Å². The third-order valence-electron chi connectivity index (χ3n) is 4.95. The minimum atomic E-state index is -0.298. The van der Waals surface area contributed by atoms with E-state index in [4.69, 9.17) is 19.0 Å². The zero-order chi connectivity index (χ0) is 17.9. The van der Waals surface area contributed by atoms with Crippen LogP contribution in [0.1, 0.15) is 32.3 Å². The molecule has 1 spiro atoms. The van der Waals surface area contributed by atoms with Crippen LogP contribution in [0.25, 0.3) is 0 Å². The van der Waals surface area contributed by atoms with Gasteiger partial charge in [0.1, 0.15) is 24.4 Å². The lowest BCUT2D eigenvalue weighted by Crippen LogP contribution is -2.52. The Morgan fingerprint density at radius 2 is 2.04 bits per heavy atom. The summed E-state index contributed by atoms with van der Waals surface area (Å²) >= 11 is 0. The average molecular weight is 347 g/mol. The number of nitrogens with zero attached hydrogens (tertiary/aromatic N) is 1. The molecule has 1 saturated heterocycles. The summed E-state index contributed by atoms with van der Waals surface area (Å²) in [6.45, 7) is 4.42. The lowest BCUT2D eigenvalue weighted by atomic mass is 9.73. The number of esters is 1. The number of methoxy groups -OCH3 is 1. The zero-order valence-electron chi connectivity index (χ0n) is 14.9. The predicted octanol–water partition coefficient (Wildman–Crippen LogP) is 2.70. The number of oxime groups is 1. The molecule has 0 radical (unpaired) electrons. The largest absolute Gasteiger partial charge is 0.460 e. The van der Waals surface area contributed by atoms with Gasteiger partial charge in [-0.05, 0) is 25.3 Å². The number of hydrogen-bond acceptors (Lipinski definition) is 6. The summed E-state index contributed by atoms with van der Waals surface area (Å²) in [5, 5.41) is 4.31. The quantitative estimate of drug-likeness (QED) is 0.342. The molecule has 1 heterocycles. The molecule has 136 valence electrons. The van der Waals surface area contributed by atoms with Crippen LogP contribution < -0.4 is 0 Å². The fourth-order valence-electron chi connectivity index (χ4n) is 3.72. The molecule has 6 nitrogen and oxygen atoms in total. The third kappa shape index (κ3) is 4.02. The standard InChI is InChI=1S/C19H25NO5/c1-13(20-24-11-15-7-5-4-6-8-15)17-18(22-3)16(25-14(2)21)9-10-19(17)12-23-19/h4-8,16-18H,9-12H2,1-3H3/b20-13-/t16-,17+,18-,19+/m1/s1. The van der Waals surface area contributed by atoms with Crippen molar-refractivity contribution >= 4 is 11.7 Å². The molecule has 2 fully saturated rings. The molecule has 3 rings (SSSR count). The first-order valence-electron chi connectivity index (χ1n) is 8.60. The van der Waals surface area contributed by atoms with Gasteiger partial charge < -0.3 is 19.0 Å². The highest BCUT2D eigenvalue weighted by Gasteiger charge is 2.60. The second-order valence-electron chi connectivity index (χ2n) is 6.71. The predicted molar refractivity (Wildman–Crippen MR) is 92.1 cm³/mol. The van der Waals surface area contributed by atoms with Crippen molar-refractivity contribution in [1.29, 1.82) is 0 Å². The maximum Gasteiger partial charge on any atom is 0.302 e. The van der Waals surface area contributed by atoms with Crippen molar-refractivity contribution in [2.75, 3.05) is 13.7 Å². The van der Waals surface area contributed by atoms with Gasteiger partial charge in [-0.15, -0.1) is 0 Å². The average Bonchev–Trinajstić information content (AvgIpc) is 3.36. The molecule has 6 heteroatoms. The summed E-state index contributed by atoms with van der Waals surface area (Å²) in [5.41, 5.74) is 1.60. The number of rotatable bonds is 6. The Balaban J connectivity index is 1.71. The first-order chi connectivity index (χ1) is 12.1. The summed E-state index contributed by atoms with van der Waals surface area (Å²) < 4.78 is 16.9. The van der Waals surface area contributed by atoms with Crippen LogP contribution in [-0.4, -0.2) is 43.2 Å². The first-order valence-corrected chi connectivity index (χ1v) is 8.60. The van der Waals surface area contributed by atoms with Gasteiger partial charge in [-0.1, -0.05) is 35.5 Å². The second-order valence-corrected chi connectivity index (χ2v) is 6.71. The molecule has 1 aromatic carbocycles. The van der Waals surface area contributed by atoms with Crippen molar-refractivity contribution in [3.63, 3.8) is 0 Å². The van der Waals surface area contributed by atoms with Crippen LogP contribution in [0.4, 0.5) is 0 Å². The molecule has 1 aromatic rings. The van der Waals surface area contributed by atoms with Crippen molar-refractivity contribution in [2.24, 2.45) is 11.1 Å². The highest BCUT2D eigenvalue weighted by Crippen LogP contribution is 2.48. The molecule has 0 aromatic heterocycles. The molecule has 25 heavy (non-hydrogen) atoms. The van der Waals surface area contributed by atoms with E-state index in [1.54, 1.807) is 7.11 Å². The summed E-state index contributed by atoms with van der Waals surface area (Å²) in [6, 6.07) is 9.88. The van der Waals surface area contributed by atoms with Gasteiger partial charge in [-0.3, -0.25) is 4.79 Å². The summed E-state index contributed by atoms with van der Waals surface area (Å²) in [5.74, 6) is -0.389. The number of epoxide rings is 1. The molecule has 1 aliphatic heterocycles. The molecule has 0 amide bonds. The molecule has 0 unspecified atom stereocenters. The molecule has 0 bridgehead atoms. The molecule has 0 N–H and O–H groups in total. The van der Waals surface area contributed by atoms with Gasteiger partial charge >= 0.3 is 5.97 Å². The van der Waals surface area contributed by atoms with Crippen molar-refractivity contribution in [3.8, 4) is 0 Å². The van der Waals surface area contributed by atoms with Crippen LogP contribution in [-0.2, 0) is 30.4 Å². The monoisotopic (exact) mass is 347 g/mol. The van der Waals surface area contributed by atoms with Crippen molar-refractivity contribution in [3.05, 3.63) is 35.9 Å². The van der Waals surface area contributed by atoms with Gasteiger partial charge in [-0.2, -0.15) is 0 Å². The minimum Gasteiger partial charge on any atom is -0.460 e. The van der Waals surface area contributed by atoms with E-state index in [0.717, 1.165) is 24.1 Å². The van der Waals surface area contributed by atoms with Gasteiger partial charge in [0.2, 0.25) is 0 Å². The number of carbonyl (C=O) groups is 1. The van der Waals surface area contributed by atoms with E-state index in [0.29, 0.717) is 13.2 Å². The number of carbonyl (C=O) groups excluding carboxylic acids is 1. The zero-order valence-corrected chi connectivity index (χ0v) is 14.9. The van der Waals surface area contributed by atoms with Gasteiger partial charge in [0.15, 0.2) is 0 Å². The smallest absolute Gasteiger partial charge is 0.302 e. The molecule has 2 aliphatic rings. The van der Waals surface area contributed by atoms with Crippen LogP contribution >= 0.6 is 0 Å². The Kier molecular flexibility index (Phi) is 5.39. The Bertz CT molecular complexity index is 626. The Morgan fingerprint density at radius 1 is 1.32 bits per heavy atom. The molecule has 1 saturated carbocycles. The number of benzene rings is 1. The fourth-order valence-corrected chi connectivity index (χ4v) is 3.72. The molecular weight excluding hydrogens is 322 g/mol. The SMILES string of the molecule is CO[C@@H]1[C@H](OC(C)=O)CC[C@]2(CO2)[C@H]1/C(C)=N\OCc1ccccc1. The normalized spacial score (nSPS) is 31.6. The Morgan fingerprint density at radius 3 is 2.64 bits per heavy atom. The van der Waals surface area contributed by atoms with Gasteiger partial charge in [-0.25, -0.2) is 0 Å². The molecule has 1 aliphatic carbocycles. The van der Waals surface area contributed by atoms with E-state index in [1.807, 2.05) is 37.3 Å². The van der Waals surface area contributed by atoms with Crippen LogP contribution in [0.15, 0.2) is 35.5 Å². The number of hydrogen-bond donors (Lipinski definition) is 0. The molecule has 4 atom stereocenters. The van der Waals surface area contributed by atoms with Crippen LogP contribution in [0, 0.1) is 5.92 Å². The van der Waals surface area contributed by atoms with Crippen molar-refractivity contribution < 1.29 is 23.8 Å². The minimum absolute atomic E-state index is 0.0913. The highest BCUT2D eigenvalue weighted by molar-refractivity contribution is 5.86. The second kappa shape index (κ2) is 7.54. The number of ether oxygens (including phenoxy) is 3. The van der Waals surface area contributed by atoms with Gasteiger partial charge in [0, 0.05) is 14.0 Å². The van der Waals surface area contributed by atoms with Crippen LogP contribution in [0.3, 0.4) is 0 Å². The Labute approximate surface area is 148 Å². The van der Waals surface area contributed by atoms with Gasteiger partial charge in [0.05, 0.1) is 18.2 Å². The van der Waals surface area contributed by atoms with E-state index >= 15 is 0 Å². The van der Waals surface area contributed by atoms with E-state index in [9.17, 15) is 4.79 Å². The first kappa shape index (κ1) is 17.9. The summed E-state index contributed by atoms with van der Waals surface area (Å²) in [6.07, 6.45) is 0.971. The maximum absolute atomic E-state index is 11.4. The molecular formula is C19H25NO5.